The van der Waals surface area contributed by atoms with Gasteiger partial charge in [0.1, 0.15) is 17.4 Å². The third kappa shape index (κ3) is 2.38. The van der Waals surface area contributed by atoms with E-state index < -0.39 is 0 Å². The van der Waals surface area contributed by atoms with E-state index in [4.69, 9.17) is 10.00 Å². The van der Waals surface area contributed by atoms with Gasteiger partial charge in [-0.25, -0.2) is 4.98 Å². The topological polar surface area (TPSA) is 45.9 Å². The molecule has 0 atom stereocenters. The molecule has 1 aromatic heterocycles. The van der Waals surface area contributed by atoms with Crippen LogP contribution >= 0.6 is 11.3 Å². The molecule has 0 radical (unpaired) electrons. The van der Waals surface area contributed by atoms with Gasteiger partial charge in [0.05, 0.1) is 11.6 Å². The van der Waals surface area contributed by atoms with Crippen molar-refractivity contribution in [3.8, 4) is 11.8 Å². The van der Waals surface area contributed by atoms with Gasteiger partial charge in [0.15, 0.2) is 0 Å². The Hall–Kier alpha value is -1.86. The van der Waals surface area contributed by atoms with Crippen molar-refractivity contribution >= 4 is 11.3 Å². The first-order valence-electron chi connectivity index (χ1n) is 4.81. The second-order valence-corrected chi connectivity index (χ2v) is 4.29. The van der Waals surface area contributed by atoms with Crippen LogP contribution in [-0.2, 0) is 6.61 Å². The van der Waals surface area contributed by atoms with Crippen molar-refractivity contribution < 1.29 is 4.74 Å². The molecule has 0 fully saturated rings. The molecule has 4 heteroatoms. The fraction of sp³-hybridized carbons (Fsp3) is 0.167. The fourth-order valence-electron chi connectivity index (χ4n) is 1.29. The first-order valence-corrected chi connectivity index (χ1v) is 5.69. The van der Waals surface area contributed by atoms with Gasteiger partial charge in [-0.3, -0.25) is 0 Å². The van der Waals surface area contributed by atoms with Gasteiger partial charge in [0.25, 0.3) is 0 Å². The highest BCUT2D eigenvalue weighted by atomic mass is 32.1. The summed E-state index contributed by atoms with van der Waals surface area (Å²) >= 11 is 1.56. The van der Waals surface area contributed by atoms with E-state index in [0.717, 1.165) is 16.3 Å². The average Bonchev–Trinajstić information content (AvgIpc) is 2.81. The van der Waals surface area contributed by atoms with E-state index in [9.17, 15) is 0 Å². The lowest BCUT2D eigenvalue weighted by molar-refractivity contribution is 0.303. The largest absolute Gasteiger partial charge is 0.486 e. The summed E-state index contributed by atoms with van der Waals surface area (Å²) in [4.78, 5) is 4.13. The summed E-state index contributed by atoms with van der Waals surface area (Å²) in [5, 5.41) is 11.6. The molecule has 16 heavy (non-hydrogen) atoms. The van der Waals surface area contributed by atoms with Crippen molar-refractivity contribution in [1.29, 1.82) is 5.26 Å². The number of aromatic nitrogens is 1. The van der Waals surface area contributed by atoms with E-state index in [0.29, 0.717) is 12.2 Å². The number of hydrogen-bond donors (Lipinski definition) is 0. The molecule has 0 aliphatic carbocycles. The minimum Gasteiger partial charge on any atom is -0.486 e. The molecular weight excluding hydrogens is 220 g/mol. The first-order chi connectivity index (χ1) is 7.79. The quantitative estimate of drug-likeness (QED) is 0.814. The molecule has 2 rings (SSSR count). The van der Waals surface area contributed by atoms with E-state index in [1.165, 1.54) is 0 Å². The Balaban J connectivity index is 2.12. The summed E-state index contributed by atoms with van der Waals surface area (Å²) in [6.07, 6.45) is 1.75. The van der Waals surface area contributed by atoms with E-state index in [-0.39, 0.29) is 0 Å². The van der Waals surface area contributed by atoms with E-state index in [1.807, 2.05) is 18.4 Å². The van der Waals surface area contributed by atoms with Gasteiger partial charge in [0.2, 0.25) is 0 Å². The maximum absolute atomic E-state index is 8.79. The van der Waals surface area contributed by atoms with Crippen LogP contribution in [0, 0.1) is 18.3 Å². The summed E-state index contributed by atoms with van der Waals surface area (Å²) in [6.45, 7) is 2.41. The van der Waals surface area contributed by atoms with Crippen LogP contribution in [0.4, 0.5) is 0 Å². The predicted molar refractivity (Wildman–Crippen MR) is 62.3 cm³/mol. The van der Waals surface area contributed by atoms with Gasteiger partial charge in [-0.15, -0.1) is 11.3 Å². The highest BCUT2D eigenvalue weighted by Crippen LogP contribution is 2.20. The number of aryl methyl sites for hydroxylation is 1. The molecule has 1 aromatic carbocycles. The standard InChI is InChI=1S/C12H10N2OS/c1-9-2-3-10(7-13)6-11(9)15-8-12-14-4-5-16-12/h2-6H,8H2,1H3. The van der Waals surface area contributed by atoms with Crippen molar-refractivity contribution in [2.75, 3.05) is 0 Å². The van der Waals surface area contributed by atoms with Gasteiger partial charge < -0.3 is 4.74 Å². The SMILES string of the molecule is Cc1ccc(C#N)cc1OCc1nccs1. The zero-order chi connectivity index (χ0) is 11.4. The minimum absolute atomic E-state index is 0.452. The Morgan fingerprint density at radius 2 is 2.38 bits per heavy atom. The monoisotopic (exact) mass is 230 g/mol. The Labute approximate surface area is 97.9 Å². The van der Waals surface area contributed by atoms with Gasteiger partial charge >= 0.3 is 0 Å². The number of hydrogen-bond acceptors (Lipinski definition) is 4. The van der Waals surface area contributed by atoms with Crippen LogP contribution in [0.5, 0.6) is 5.75 Å². The average molecular weight is 230 g/mol. The molecule has 0 saturated heterocycles. The van der Waals surface area contributed by atoms with Crippen LogP contribution in [0.1, 0.15) is 16.1 Å². The first kappa shape index (κ1) is 10.7. The molecule has 1 heterocycles. The molecule has 0 bridgehead atoms. The van der Waals surface area contributed by atoms with E-state index in [1.54, 1.807) is 29.7 Å². The molecule has 0 aliphatic heterocycles. The van der Waals surface area contributed by atoms with Crippen LogP contribution in [0.2, 0.25) is 0 Å². The number of nitriles is 1. The van der Waals surface area contributed by atoms with Gasteiger partial charge in [-0.2, -0.15) is 5.26 Å². The number of rotatable bonds is 3. The molecule has 0 spiro atoms. The van der Waals surface area contributed by atoms with Crippen LogP contribution < -0.4 is 4.74 Å². The maximum atomic E-state index is 8.79. The number of benzene rings is 1. The fourth-order valence-corrected chi connectivity index (χ4v) is 1.82. The molecule has 0 amide bonds. The summed E-state index contributed by atoms with van der Waals surface area (Å²) < 4.78 is 5.62. The van der Waals surface area contributed by atoms with Gasteiger partial charge in [-0.1, -0.05) is 6.07 Å². The second-order valence-electron chi connectivity index (χ2n) is 3.31. The summed E-state index contributed by atoms with van der Waals surface area (Å²) in [5.74, 6) is 0.745. The van der Waals surface area contributed by atoms with Crippen LogP contribution in [0.15, 0.2) is 29.8 Å². The molecule has 3 nitrogen and oxygen atoms in total. The molecule has 0 aliphatic rings. The number of ether oxygens (including phenoxy) is 1. The smallest absolute Gasteiger partial charge is 0.140 e. The van der Waals surface area contributed by atoms with E-state index >= 15 is 0 Å². The molecule has 2 aromatic rings. The molecule has 0 unspecified atom stereocenters. The van der Waals surface area contributed by atoms with Crippen LogP contribution in [0.3, 0.4) is 0 Å². The van der Waals surface area contributed by atoms with Crippen LogP contribution in [0.25, 0.3) is 0 Å². The van der Waals surface area contributed by atoms with E-state index in [2.05, 4.69) is 11.1 Å². The number of nitrogens with zero attached hydrogens (tertiary/aromatic N) is 2. The lowest BCUT2D eigenvalue weighted by atomic mass is 10.1. The van der Waals surface area contributed by atoms with Crippen molar-refractivity contribution in [1.82, 2.24) is 4.98 Å². The lowest BCUT2D eigenvalue weighted by Gasteiger charge is -2.07. The van der Waals surface area contributed by atoms with Crippen molar-refractivity contribution in [2.24, 2.45) is 0 Å². The Morgan fingerprint density at radius 3 is 3.06 bits per heavy atom. The highest BCUT2D eigenvalue weighted by Gasteiger charge is 2.03. The van der Waals surface area contributed by atoms with Crippen molar-refractivity contribution in [3.63, 3.8) is 0 Å². The normalized spacial score (nSPS) is 9.75. The third-order valence-corrected chi connectivity index (χ3v) is 2.90. The van der Waals surface area contributed by atoms with Gasteiger partial charge in [0, 0.05) is 11.6 Å². The van der Waals surface area contributed by atoms with Crippen LogP contribution in [-0.4, -0.2) is 4.98 Å². The predicted octanol–water partition coefficient (Wildman–Crippen LogP) is 2.90. The Morgan fingerprint density at radius 1 is 1.50 bits per heavy atom. The molecule has 80 valence electrons. The summed E-state index contributed by atoms with van der Waals surface area (Å²) in [6, 6.07) is 7.52. The minimum atomic E-state index is 0.452. The highest BCUT2D eigenvalue weighted by molar-refractivity contribution is 7.09. The molecule has 0 saturated carbocycles. The second kappa shape index (κ2) is 4.77. The Kier molecular flexibility index (Phi) is 3.18. The zero-order valence-electron chi connectivity index (χ0n) is 8.80. The van der Waals surface area contributed by atoms with Crippen molar-refractivity contribution in [3.05, 3.63) is 45.9 Å². The lowest BCUT2D eigenvalue weighted by Crippen LogP contribution is -1.96. The third-order valence-electron chi connectivity index (χ3n) is 2.15. The zero-order valence-corrected chi connectivity index (χ0v) is 9.62. The maximum Gasteiger partial charge on any atom is 0.140 e. The summed E-state index contributed by atoms with van der Waals surface area (Å²) in [5.41, 5.74) is 1.63. The molecular formula is C12H10N2OS. The Bertz CT molecular complexity index is 514. The molecule has 0 N–H and O–H groups in total. The van der Waals surface area contributed by atoms with Gasteiger partial charge in [-0.05, 0) is 24.6 Å². The number of thiazole rings is 1. The van der Waals surface area contributed by atoms with Crippen molar-refractivity contribution in [2.45, 2.75) is 13.5 Å². The summed E-state index contributed by atoms with van der Waals surface area (Å²) in [7, 11) is 0.